The summed E-state index contributed by atoms with van der Waals surface area (Å²) in [4.78, 5) is 0. The Morgan fingerprint density at radius 2 is 1.20 bits per heavy atom. The van der Waals surface area contributed by atoms with Gasteiger partial charge in [-0.25, -0.2) is 0 Å². The minimum atomic E-state index is -0.486. The first kappa shape index (κ1) is 16.9. The lowest BCUT2D eigenvalue weighted by Gasteiger charge is -2.55. The van der Waals surface area contributed by atoms with Gasteiger partial charge in [-0.05, 0) is 38.5 Å². The molecular weight excluding hydrogens is 248 g/mol. The monoisotopic (exact) mass is 275 g/mol. The van der Waals surface area contributed by atoms with Crippen molar-refractivity contribution in [2.24, 2.45) is 0 Å². The van der Waals surface area contributed by atoms with Gasteiger partial charge in [0.05, 0.1) is 11.1 Å². The van der Waals surface area contributed by atoms with Gasteiger partial charge in [0, 0.05) is 6.04 Å². The smallest absolute Gasteiger partial charge is 0.0550 e. The first-order chi connectivity index (χ1) is 9.50. The highest BCUT2D eigenvalue weighted by Crippen LogP contribution is 2.45. The lowest BCUT2D eigenvalue weighted by molar-refractivity contribution is -0.263. The maximum absolute atomic E-state index is 10.9. The maximum Gasteiger partial charge on any atom is 0.0550 e. The summed E-state index contributed by atoms with van der Waals surface area (Å²) in [6.45, 7) is 15.2. The third kappa shape index (κ3) is 3.11. The van der Waals surface area contributed by atoms with Crippen LogP contribution in [0, 0.1) is 0 Å². The van der Waals surface area contributed by atoms with Crippen molar-refractivity contribution in [2.75, 3.05) is 0 Å². The number of hydrogen-bond acceptors (Lipinski definition) is 2. The molecule has 0 atom stereocenters. The van der Waals surface area contributed by atoms with Crippen LogP contribution in [-0.4, -0.2) is 27.4 Å². The van der Waals surface area contributed by atoms with E-state index in [1.54, 1.807) is 0 Å². The summed E-state index contributed by atoms with van der Waals surface area (Å²) in [6.07, 6.45) is 11.1. The van der Waals surface area contributed by atoms with Crippen molar-refractivity contribution >= 4 is 0 Å². The maximum atomic E-state index is 10.9. The van der Waals surface area contributed by atoms with Crippen LogP contribution >= 0.6 is 0 Å². The molecule has 0 aliphatic carbocycles. The molecule has 0 aromatic carbocycles. The van der Waals surface area contributed by atoms with Crippen LogP contribution in [-0.2, 0) is 0 Å². The third-order valence-corrected chi connectivity index (χ3v) is 4.25. The fraction of sp³-hybridized carbons (Fsp3) is 0.529. The largest absolute Gasteiger partial charge is 0.313 e. The predicted molar refractivity (Wildman–Crippen MR) is 84.5 cm³/mol. The summed E-state index contributed by atoms with van der Waals surface area (Å²) in [6, 6.07) is -0.210. The van der Waals surface area contributed by atoms with E-state index in [1.807, 2.05) is 24.3 Å². The van der Waals surface area contributed by atoms with E-state index < -0.39 is 11.1 Å². The molecule has 0 unspecified atom stereocenters. The second-order valence-corrected chi connectivity index (χ2v) is 5.84. The Labute approximate surface area is 123 Å². The molecule has 3 heteroatoms. The summed E-state index contributed by atoms with van der Waals surface area (Å²) in [7, 11) is 0. The lowest BCUT2D eigenvalue weighted by Crippen LogP contribution is -2.65. The Balaban J connectivity index is 3.24. The van der Waals surface area contributed by atoms with Gasteiger partial charge in [0.15, 0.2) is 0 Å². The molecule has 1 fully saturated rings. The minimum Gasteiger partial charge on any atom is -0.313 e. The van der Waals surface area contributed by atoms with Crippen molar-refractivity contribution in [3.63, 3.8) is 0 Å². The summed E-state index contributed by atoms with van der Waals surface area (Å²) in [5.41, 5.74) is 7.34. The van der Waals surface area contributed by atoms with Gasteiger partial charge in [0.2, 0.25) is 0 Å². The Hall–Kier alpha value is -1.16. The normalized spacial score (nSPS) is 22.1. The molecule has 1 heterocycles. The highest BCUT2D eigenvalue weighted by molar-refractivity contribution is 5.12. The third-order valence-electron chi connectivity index (χ3n) is 4.25. The molecule has 1 rings (SSSR count). The molecule has 0 aromatic heterocycles. The Bertz CT molecular complexity index is 321. The van der Waals surface area contributed by atoms with Crippen LogP contribution in [0.1, 0.15) is 38.5 Å². The molecule has 111 valence electrons. The highest BCUT2D eigenvalue weighted by atomic mass is 16.5. The number of hydrogen-bond donors (Lipinski definition) is 1. The predicted octanol–water partition coefficient (Wildman–Crippen LogP) is 3.90. The molecule has 0 aromatic rings. The molecule has 0 saturated carbocycles. The molecule has 1 saturated heterocycles. The fourth-order valence-corrected chi connectivity index (χ4v) is 3.59. The molecule has 0 spiro atoms. The van der Waals surface area contributed by atoms with E-state index in [-0.39, 0.29) is 6.04 Å². The van der Waals surface area contributed by atoms with Gasteiger partial charge in [-0.1, -0.05) is 24.3 Å². The van der Waals surface area contributed by atoms with Crippen LogP contribution < -0.4 is 5.73 Å². The number of piperidine rings is 1. The Kier molecular flexibility index (Phi) is 5.93. The van der Waals surface area contributed by atoms with E-state index in [1.165, 1.54) is 5.06 Å². The van der Waals surface area contributed by atoms with Crippen LogP contribution in [0.3, 0.4) is 0 Å². The van der Waals surface area contributed by atoms with Crippen molar-refractivity contribution in [3.05, 3.63) is 50.6 Å². The van der Waals surface area contributed by atoms with Gasteiger partial charge in [0.1, 0.15) is 0 Å². The molecule has 0 bridgehead atoms. The van der Waals surface area contributed by atoms with Crippen molar-refractivity contribution in [1.29, 1.82) is 0 Å². The molecule has 1 aliphatic heterocycles. The first-order valence-corrected chi connectivity index (χ1v) is 7.14. The van der Waals surface area contributed by atoms with E-state index in [4.69, 9.17) is 5.73 Å². The molecule has 1 aliphatic rings. The van der Waals surface area contributed by atoms with Gasteiger partial charge in [-0.3, -0.25) is 5.73 Å². The standard InChI is InChI=1S/C17H27N2O/c1-5-9-16(10-6-2)13-15(18)14-17(11-7-3,12-8-4)19(16)20/h5-8,15,18,20H,1-4,9-14H2. The summed E-state index contributed by atoms with van der Waals surface area (Å²) in [5, 5.41) is 12.4. The van der Waals surface area contributed by atoms with Crippen LogP contribution in [0.5, 0.6) is 0 Å². The molecule has 2 N–H and O–H groups in total. The zero-order chi connectivity index (χ0) is 15.2. The number of nitrogens with one attached hydrogen (secondary N) is 1. The second kappa shape index (κ2) is 7.02. The molecule has 20 heavy (non-hydrogen) atoms. The zero-order valence-corrected chi connectivity index (χ0v) is 12.4. The summed E-state index contributed by atoms with van der Waals surface area (Å²) in [5.74, 6) is 0. The van der Waals surface area contributed by atoms with E-state index in [0.717, 1.165) is 0 Å². The fourth-order valence-electron chi connectivity index (χ4n) is 3.59. The van der Waals surface area contributed by atoms with Gasteiger partial charge in [-0.2, -0.15) is 5.06 Å². The van der Waals surface area contributed by atoms with Crippen molar-refractivity contribution in [3.8, 4) is 0 Å². The van der Waals surface area contributed by atoms with Crippen LogP contribution in [0.25, 0.3) is 0 Å². The van der Waals surface area contributed by atoms with Crippen LogP contribution in [0.4, 0.5) is 0 Å². The zero-order valence-electron chi connectivity index (χ0n) is 12.4. The average Bonchev–Trinajstić information content (AvgIpc) is 2.37. The van der Waals surface area contributed by atoms with Gasteiger partial charge in [-0.15, -0.1) is 26.3 Å². The van der Waals surface area contributed by atoms with E-state index in [0.29, 0.717) is 38.5 Å². The molecule has 0 amide bonds. The summed E-state index contributed by atoms with van der Waals surface area (Å²) >= 11 is 0. The van der Waals surface area contributed by atoms with E-state index in [9.17, 15) is 5.21 Å². The van der Waals surface area contributed by atoms with Gasteiger partial charge < -0.3 is 5.21 Å². The lowest BCUT2D eigenvalue weighted by atomic mass is 9.70. The van der Waals surface area contributed by atoms with E-state index >= 15 is 0 Å². The van der Waals surface area contributed by atoms with Gasteiger partial charge >= 0.3 is 0 Å². The SMILES string of the molecule is C=CCC1(CC=C)CC([NH])CC(CC=C)(CC=C)N1O. The van der Waals surface area contributed by atoms with Crippen LogP contribution in [0.15, 0.2) is 50.6 Å². The molecule has 3 nitrogen and oxygen atoms in total. The molecule has 1 radical (unpaired) electrons. The second-order valence-electron chi connectivity index (χ2n) is 5.84. The quantitative estimate of drug-likeness (QED) is 0.683. The van der Waals surface area contributed by atoms with Crippen molar-refractivity contribution < 1.29 is 5.21 Å². The average molecular weight is 275 g/mol. The minimum absolute atomic E-state index is 0.210. The number of rotatable bonds is 8. The van der Waals surface area contributed by atoms with E-state index in [2.05, 4.69) is 26.3 Å². The molecular formula is C17H27N2O. The first-order valence-electron chi connectivity index (χ1n) is 7.14. The summed E-state index contributed by atoms with van der Waals surface area (Å²) < 4.78 is 0. The highest BCUT2D eigenvalue weighted by Gasteiger charge is 2.51. The Morgan fingerprint density at radius 1 is 0.900 bits per heavy atom. The topological polar surface area (TPSA) is 47.3 Å². The van der Waals surface area contributed by atoms with Crippen molar-refractivity contribution in [2.45, 2.75) is 55.6 Å². The Morgan fingerprint density at radius 3 is 1.45 bits per heavy atom. The number of hydroxylamine groups is 2. The van der Waals surface area contributed by atoms with Crippen molar-refractivity contribution in [1.82, 2.24) is 10.8 Å². The number of nitrogens with zero attached hydrogens (tertiary/aromatic N) is 1. The van der Waals surface area contributed by atoms with Crippen LogP contribution in [0.2, 0.25) is 0 Å². The van der Waals surface area contributed by atoms with Gasteiger partial charge in [0.25, 0.3) is 0 Å².